The fraction of sp³-hybridized carbons (Fsp3) is 0.250. The van der Waals surface area contributed by atoms with E-state index in [-0.39, 0.29) is 0 Å². The van der Waals surface area contributed by atoms with E-state index in [4.69, 9.17) is 4.74 Å². The third-order valence-corrected chi connectivity index (χ3v) is 2.66. The lowest BCUT2D eigenvalue weighted by atomic mass is 10.1. The Morgan fingerprint density at radius 1 is 1.12 bits per heavy atom. The molecule has 0 unspecified atom stereocenters. The van der Waals surface area contributed by atoms with Gasteiger partial charge in [-0.3, -0.25) is 0 Å². The van der Waals surface area contributed by atoms with Crippen molar-refractivity contribution in [3.63, 3.8) is 0 Å². The van der Waals surface area contributed by atoms with Crippen molar-refractivity contribution < 1.29 is 4.74 Å². The zero-order chi connectivity index (χ0) is 12.8. The summed E-state index contributed by atoms with van der Waals surface area (Å²) in [6, 6.07) is 6.11. The number of ether oxygens (including phenoxy) is 1. The van der Waals surface area contributed by atoms with E-state index in [1.165, 1.54) is 11.1 Å². The quantitative estimate of drug-likeness (QED) is 0.535. The Morgan fingerprint density at radius 3 is 2.41 bits per heavy atom. The lowest BCUT2D eigenvalue weighted by Crippen LogP contribution is -1.91. The molecule has 1 rings (SSSR count). The molecule has 0 aliphatic rings. The lowest BCUT2D eigenvalue weighted by Gasteiger charge is -2.07. The van der Waals surface area contributed by atoms with Gasteiger partial charge in [0, 0.05) is 0 Å². The van der Waals surface area contributed by atoms with Gasteiger partial charge in [-0.2, -0.15) is 0 Å². The van der Waals surface area contributed by atoms with Gasteiger partial charge in [-0.25, -0.2) is 0 Å². The van der Waals surface area contributed by atoms with Crippen molar-refractivity contribution in [1.29, 1.82) is 0 Å². The molecule has 0 saturated carbocycles. The van der Waals surface area contributed by atoms with Crippen LogP contribution in [-0.2, 0) is 0 Å². The molecule has 0 saturated heterocycles. The molecular weight excluding hydrogens is 208 g/mol. The van der Waals surface area contributed by atoms with Gasteiger partial charge in [0.15, 0.2) is 0 Å². The van der Waals surface area contributed by atoms with Crippen LogP contribution in [0.25, 0.3) is 0 Å². The highest BCUT2D eigenvalue weighted by Gasteiger charge is 1.97. The van der Waals surface area contributed by atoms with Crippen LogP contribution in [0.1, 0.15) is 25.0 Å². The normalized spacial score (nSPS) is 12.5. The summed E-state index contributed by atoms with van der Waals surface area (Å²) in [5.41, 5.74) is 3.64. The van der Waals surface area contributed by atoms with Crippen molar-refractivity contribution in [3.8, 4) is 5.75 Å². The lowest BCUT2D eigenvalue weighted by molar-refractivity contribution is 0.427. The monoisotopic (exact) mass is 228 g/mol. The van der Waals surface area contributed by atoms with Gasteiger partial charge in [0.1, 0.15) is 11.5 Å². The zero-order valence-electron chi connectivity index (χ0n) is 11.1. The molecule has 0 spiro atoms. The first-order chi connectivity index (χ1) is 8.02. The number of aryl methyl sites for hydroxylation is 2. The maximum atomic E-state index is 5.73. The van der Waals surface area contributed by atoms with Crippen LogP contribution < -0.4 is 4.74 Å². The number of benzene rings is 1. The molecular formula is C16H20O. The van der Waals surface area contributed by atoms with Crippen molar-refractivity contribution >= 4 is 0 Å². The first kappa shape index (κ1) is 13.3. The summed E-state index contributed by atoms with van der Waals surface area (Å²) in [4.78, 5) is 0. The van der Waals surface area contributed by atoms with Gasteiger partial charge in [-0.05, 0) is 57.0 Å². The Bertz CT molecular complexity index is 464. The van der Waals surface area contributed by atoms with Gasteiger partial charge >= 0.3 is 0 Å². The van der Waals surface area contributed by atoms with Gasteiger partial charge in [-0.1, -0.05) is 30.4 Å². The molecule has 0 aromatic heterocycles. The first-order valence-corrected chi connectivity index (χ1v) is 5.75. The van der Waals surface area contributed by atoms with Gasteiger partial charge in [0.2, 0.25) is 0 Å². The highest BCUT2D eigenvalue weighted by Crippen LogP contribution is 2.18. The second-order valence-electron chi connectivity index (χ2n) is 4.24. The smallest absolute Gasteiger partial charge is 0.127 e. The van der Waals surface area contributed by atoms with Crippen molar-refractivity contribution in [2.24, 2.45) is 0 Å². The molecule has 1 aromatic rings. The van der Waals surface area contributed by atoms with Gasteiger partial charge in [-0.15, -0.1) is 0 Å². The Labute approximate surface area is 104 Å². The highest BCUT2D eigenvalue weighted by molar-refractivity contribution is 5.35. The van der Waals surface area contributed by atoms with Gasteiger partial charge in [0.25, 0.3) is 0 Å². The average Bonchev–Trinajstić information content (AvgIpc) is 2.31. The summed E-state index contributed by atoms with van der Waals surface area (Å²) in [6.45, 7) is 11.8. The first-order valence-electron chi connectivity index (χ1n) is 5.75. The largest absolute Gasteiger partial charge is 0.462 e. The van der Waals surface area contributed by atoms with E-state index in [2.05, 4.69) is 32.6 Å². The van der Waals surface area contributed by atoms with Crippen molar-refractivity contribution in [2.75, 3.05) is 0 Å². The Kier molecular flexibility index (Phi) is 4.77. The third kappa shape index (κ3) is 4.31. The van der Waals surface area contributed by atoms with E-state index < -0.39 is 0 Å². The van der Waals surface area contributed by atoms with Crippen LogP contribution in [-0.4, -0.2) is 0 Å². The van der Waals surface area contributed by atoms with E-state index >= 15 is 0 Å². The van der Waals surface area contributed by atoms with Crippen molar-refractivity contribution in [3.05, 3.63) is 65.5 Å². The topological polar surface area (TPSA) is 9.23 Å². The molecule has 90 valence electrons. The molecule has 1 heteroatoms. The highest BCUT2D eigenvalue weighted by atomic mass is 16.5. The Morgan fingerprint density at radius 2 is 1.82 bits per heavy atom. The van der Waals surface area contributed by atoms with Crippen LogP contribution >= 0.6 is 0 Å². The number of hydrogen-bond acceptors (Lipinski definition) is 1. The van der Waals surface area contributed by atoms with Crippen LogP contribution in [0.4, 0.5) is 0 Å². The van der Waals surface area contributed by atoms with Gasteiger partial charge < -0.3 is 4.74 Å². The van der Waals surface area contributed by atoms with Crippen LogP contribution in [0.3, 0.4) is 0 Å². The van der Waals surface area contributed by atoms with E-state index in [0.29, 0.717) is 0 Å². The molecule has 0 fully saturated rings. The SMILES string of the molecule is C=C/C(C)=C\C=C(/C)Oc1ccc(C)c(C)c1. The standard InChI is InChI=1S/C16H20O/c1-6-12(2)7-9-15(5)17-16-10-8-13(3)14(4)11-16/h6-11H,1H2,2-5H3/b12-7-,15-9+. The minimum absolute atomic E-state index is 0.870. The van der Waals surface area contributed by atoms with Crippen LogP contribution in [0.2, 0.25) is 0 Å². The number of hydrogen-bond donors (Lipinski definition) is 0. The summed E-state index contributed by atoms with van der Waals surface area (Å²) in [7, 11) is 0. The molecule has 0 atom stereocenters. The fourth-order valence-corrected chi connectivity index (χ4v) is 1.31. The maximum Gasteiger partial charge on any atom is 0.127 e. The van der Waals surface area contributed by atoms with E-state index in [1.54, 1.807) is 0 Å². The van der Waals surface area contributed by atoms with Crippen LogP contribution in [0.5, 0.6) is 5.75 Å². The van der Waals surface area contributed by atoms with E-state index in [0.717, 1.165) is 17.1 Å². The molecule has 1 aromatic carbocycles. The number of rotatable bonds is 4. The average molecular weight is 228 g/mol. The molecule has 0 aliphatic heterocycles. The van der Waals surface area contributed by atoms with Crippen LogP contribution in [0, 0.1) is 13.8 Å². The predicted octanol–water partition coefficient (Wildman–Crippen LogP) is 4.72. The second-order valence-corrected chi connectivity index (χ2v) is 4.24. The van der Waals surface area contributed by atoms with E-state index in [9.17, 15) is 0 Å². The molecule has 0 bridgehead atoms. The maximum absolute atomic E-state index is 5.73. The summed E-state index contributed by atoms with van der Waals surface area (Å²) < 4.78 is 5.73. The molecule has 17 heavy (non-hydrogen) atoms. The molecule has 0 aliphatic carbocycles. The zero-order valence-corrected chi connectivity index (χ0v) is 11.1. The Hall–Kier alpha value is -1.76. The summed E-state index contributed by atoms with van der Waals surface area (Å²) in [5.74, 6) is 1.75. The minimum atomic E-state index is 0.870. The predicted molar refractivity (Wildman–Crippen MR) is 74.3 cm³/mol. The second kappa shape index (κ2) is 6.09. The minimum Gasteiger partial charge on any atom is -0.462 e. The summed E-state index contributed by atoms with van der Waals surface area (Å²) in [5, 5.41) is 0. The molecule has 0 N–H and O–H groups in total. The van der Waals surface area contributed by atoms with E-state index in [1.807, 2.05) is 38.1 Å². The van der Waals surface area contributed by atoms with Gasteiger partial charge in [0.05, 0.1) is 0 Å². The summed E-state index contributed by atoms with van der Waals surface area (Å²) in [6.07, 6.45) is 5.76. The number of allylic oxidation sites excluding steroid dienone is 5. The van der Waals surface area contributed by atoms with Crippen molar-refractivity contribution in [1.82, 2.24) is 0 Å². The third-order valence-electron chi connectivity index (χ3n) is 2.66. The fourth-order valence-electron chi connectivity index (χ4n) is 1.31. The molecule has 0 radical (unpaired) electrons. The van der Waals surface area contributed by atoms with Crippen LogP contribution in [0.15, 0.2) is 54.3 Å². The Balaban J connectivity index is 2.77. The molecule has 1 nitrogen and oxygen atoms in total. The summed E-state index contributed by atoms with van der Waals surface area (Å²) >= 11 is 0. The molecule has 0 heterocycles. The van der Waals surface area contributed by atoms with Crippen molar-refractivity contribution in [2.45, 2.75) is 27.7 Å². The molecule has 0 amide bonds.